The zero-order valence-electron chi connectivity index (χ0n) is 17.2. The lowest BCUT2D eigenvalue weighted by molar-refractivity contribution is -0.130. The van der Waals surface area contributed by atoms with Gasteiger partial charge in [0.2, 0.25) is 11.8 Å². The third-order valence-electron chi connectivity index (χ3n) is 5.17. The van der Waals surface area contributed by atoms with Gasteiger partial charge in [0.05, 0.1) is 11.4 Å². The molecule has 5 nitrogen and oxygen atoms in total. The minimum Gasteiger partial charge on any atom is -0.439 e. The van der Waals surface area contributed by atoms with Crippen molar-refractivity contribution >= 4 is 17.7 Å². The molecule has 1 amide bonds. The average Bonchev–Trinajstić information content (AvgIpc) is 3.08. The van der Waals surface area contributed by atoms with Crippen LogP contribution in [0.3, 0.4) is 0 Å². The van der Waals surface area contributed by atoms with E-state index in [2.05, 4.69) is 5.10 Å². The van der Waals surface area contributed by atoms with Crippen molar-refractivity contribution in [2.75, 3.05) is 24.6 Å². The van der Waals surface area contributed by atoms with Gasteiger partial charge in [0, 0.05) is 42.6 Å². The maximum absolute atomic E-state index is 13.7. The van der Waals surface area contributed by atoms with Gasteiger partial charge in [-0.3, -0.25) is 4.79 Å². The van der Waals surface area contributed by atoms with Crippen molar-refractivity contribution < 1.29 is 18.3 Å². The highest BCUT2D eigenvalue weighted by Crippen LogP contribution is 2.32. The van der Waals surface area contributed by atoms with Crippen LogP contribution in [0.2, 0.25) is 0 Å². The highest BCUT2D eigenvalue weighted by atomic mass is 32.2. The first-order valence-electron chi connectivity index (χ1n) is 10.1. The number of benzene rings is 2. The average molecular weight is 444 g/mol. The summed E-state index contributed by atoms with van der Waals surface area (Å²) in [7, 11) is 0. The third kappa shape index (κ3) is 5.07. The summed E-state index contributed by atoms with van der Waals surface area (Å²) in [6, 6.07) is 11.7. The van der Waals surface area contributed by atoms with Crippen LogP contribution in [-0.2, 0) is 11.2 Å². The lowest BCUT2D eigenvalue weighted by Gasteiger charge is -2.26. The molecule has 1 aliphatic rings. The van der Waals surface area contributed by atoms with Crippen molar-refractivity contribution in [3.8, 4) is 17.3 Å². The first-order chi connectivity index (χ1) is 15.0. The summed E-state index contributed by atoms with van der Waals surface area (Å²) in [5, 5.41) is 4.57. The number of carbonyl (C=O) groups excluding carboxylic acids is 1. The van der Waals surface area contributed by atoms with Gasteiger partial charge in [-0.1, -0.05) is 6.07 Å². The summed E-state index contributed by atoms with van der Waals surface area (Å²) in [5.74, 6) is 1.97. The van der Waals surface area contributed by atoms with Crippen LogP contribution >= 0.6 is 11.8 Å². The predicted molar refractivity (Wildman–Crippen MR) is 117 cm³/mol. The van der Waals surface area contributed by atoms with E-state index < -0.39 is 5.82 Å². The van der Waals surface area contributed by atoms with E-state index >= 15 is 0 Å². The van der Waals surface area contributed by atoms with Gasteiger partial charge in [0.1, 0.15) is 17.4 Å². The molecule has 2 aromatic carbocycles. The number of hydrogen-bond acceptors (Lipinski definition) is 4. The second kappa shape index (κ2) is 9.51. The molecule has 1 fully saturated rings. The highest BCUT2D eigenvalue weighted by Gasteiger charge is 2.22. The Labute approximate surface area is 184 Å². The normalized spacial score (nSPS) is 14.0. The maximum Gasteiger partial charge on any atom is 0.226 e. The standard InChI is InChI=1S/C23H23F2N3O2S/c1-16-21(9-10-22(29)27-11-13-31-14-12-27)23(30-20-4-2-3-18(25)15-20)28(26-16)19-7-5-17(24)6-8-19/h2-8,15H,9-14H2,1H3. The number of hydrogen-bond donors (Lipinski definition) is 0. The minimum absolute atomic E-state index is 0.103. The number of aryl methyl sites for hydroxylation is 1. The SMILES string of the molecule is Cc1nn(-c2ccc(F)cc2)c(Oc2cccc(F)c2)c1CCC(=O)N1CCSCC1. The van der Waals surface area contributed by atoms with E-state index in [0.717, 1.165) is 30.2 Å². The topological polar surface area (TPSA) is 47.4 Å². The Bertz CT molecular complexity index is 1060. The zero-order valence-corrected chi connectivity index (χ0v) is 18.0. The Morgan fingerprint density at radius 2 is 1.84 bits per heavy atom. The number of thioether (sulfide) groups is 1. The number of ether oxygens (including phenoxy) is 1. The van der Waals surface area contributed by atoms with Crippen LogP contribution in [0.15, 0.2) is 48.5 Å². The molecule has 3 aromatic rings. The van der Waals surface area contributed by atoms with Crippen molar-refractivity contribution in [1.82, 2.24) is 14.7 Å². The van der Waals surface area contributed by atoms with Gasteiger partial charge >= 0.3 is 0 Å². The smallest absolute Gasteiger partial charge is 0.226 e. The Balaban J connectivity index is 1.64. The lowest BCUT2D eigenvalue weighted by atomic mass is 10.1. The second-order valence-electron chi connectivity index (χ2n) is 7.31. The molecular weight excluding hydrogens is 420 g/mol. The van der Waals surface area contributed by atoms with Crippen LogP contribution in [0.4, 0.5) is 8.78 Å². The monoisotopic (exact) mass is 443 g/mol. The number of amides is 1. The number of aromatic nitrogens is 2. The molecule has 0 saturated carbocycles. The molecule has 31 heavy (non-hydrogen) atoms. The molecular formula is C23H23F2N3O2S. The molecule has 4 rings (SSSR count). The van der Waals surface area contributed by atoms with Crippen molar-refractivity contribution in [3.05, 3.63) is 71.4 Å². The molecule has 1 saturated heterocycles. The minimum atomic E-state index is -0.415. The number of halogens is 2. The predicted octanol–water partition coefficient (Wildman–Crippen LogP) is 4.76. The summed E-state index contributed by atoms with van der Waals surface area (Å²) >= 11 is 1.86. The van der Waals surface area contributed by atoms with Gasteiger partial charge in [0.25, 0.3) is 0 Å². The molecule has 0 N–H and O–H groups in total. The van der Waals surface area contributed by atoms with Crippen molar-refractivity contribution in [2.24, 2.45) is 0 Å². The number of rotatable bonds is 6. The zero-order chi connectivity index (χ0) is 21.8. The van der Waals surface area contributed by atoms with Crippen LogP contribution in [-0.4, -0.2) is 45.2 Å². The Morgan fingerprint density at radius 3 is 2.55 bits per heavy atom. The molecule has 2 heterocycles. The van der Waals surface area contributed by atoms with Gasteiger partial charge in [0.15, 0.2) is 0 Å². The third-order valence-corrected chi connectivity index (χ3v) is 6.11. The molecule has 0 radical (unpaired) electrons. The molecule has 0 bridgehead atoms. The van der Waals surface area contributed by atoms with E-state index in [-0.39, 0.29) is 11.7 Å². The fourth-order valence-electron chi connectivity index (χ4n) is 3.53. The van der Waals surface area contributed by atoms with E-state index in [4.69, 9.17) is 4.74 Å². The Kier molecular flexibility index (Phi) is 6.56. The maximum atomic E-state index is 13.7. The Morgan fingerprint density at radius 1 is 1.10 bits per heavy atom. The first-order valence-corrected chi connectivity index (χ1v) is 11.3. The van der Waals surface area contributed by atoms with Gasteiger partial charge in [-0.05, 0) is 49.7 Å². The quantitative estimate of drug-likeness (QED) is 0.551. The number of nitrogens with zero attached hydrogens (tertiary/aromatic N) is 3. The largest absolute Gasteiger partial charge is 0.439 e. The van der Waals surface area contributed by atoms with Crippen molar-refractivity contribution in [1.29, 1.82) is 0 Å². The summed E-state index contributed by atoms with van der Waals surface area (Å²) in [5.41, 5.74) is 2.09. The van der Waals surface area contributed by atoms with E-state index in [0.29, 0.717) is 35.9 Å². The van der Waals surface area contributed by atoms with Crippen molar-refractivity contribution in [2.45, 2.75) is 19.8 Å². The summed E-state index contributed by atoms with van der Waals surface area (Å²) in [4.78, 5) is 14.6. The van der Waals surface area contributed by atoms with Crippen LogP contribution < -0.4 is 4.74 Å². The van der Waals surface area contributed by atoms with Crippen molar-refractivity contribution in [3.63, 3.8) is 0 Å². The summed E-state index contributed by atoms with van der Waals surface area (Å²) < 4.78 is 34.7. The number of carbonyl (C=O) groups is 1. The second-order valence-corrected chi connectivity index (χ2v) is 8.53. The molecule has 0 aliphatic carbocycles. The summed E-state index contributed by atoms with van der Waals surface area (Å²) in [6.45, 7) is 3.38. The van der Waals surface area contributed by atoms with Gasteiger partial charge in [-0.15, -0.1) is 0 Å². The van der Waals surface area contributed by atoms with E-state index in [1.54, 1.807) is 28.9 Å². The van der Waals surface area contributed by atoms with E-state index in [9.17, 15) is 13.6 Å². The van der Waals surface area contributed by atoms with E-state index in [1.807, 2.05) is 23.6 Å². The molecule has 0 spiro atoms. The molecule has 0 unspecified atom stereocenters. The molecule has 1 aromatic heterocycles. The van der Waals surface area contributed by atoms with Crippen LogP contribution in [0.5, 0.6) is 11.6 Å². The molecule has 8 heteroatoms. The Hall–Kier alpha value is -2.87. The van der Waals surface area contributed by atoms with Crippen LogP contribution in [0.25, 0.3) is 5.69 Å². The lowest BCUT2D eigenvalue weighted by Crippen LogP contribution is -2.38. The van der Waals surface area contributed by atoms with Crippen LogP contribution in [0.1, 0.15) is 17.7 Å². The van der Waals surface area contributed by atoms with Gasteiger partial charge in [-0.25, -0.2) is 13.5 Å². The molecule has 162 valence electrons. The summed E-state index contributed by atoms with van der Waals surface area (Å²) in [6.07, 6.45) is 0.778. The molecule has 1 aliphatic heterocycles. The molecule has 0 atom stereocenters. The fourth-order valence-corrected chi connectivity index (χ4v) is 4.44. The van der Waals surface area contributed by atoms with Gasteiger partial charge in [-0.2, -0.15) is 16.9 Å². The first kappa shape index (κ1) is 21.4. The van der Waals surface area contributed by atoms with E-state index in [1.165, 1.54) is 24.3 Å². The fraction of sp³-hybridized carbons (Fsp3) is 0.304. The van der Waals surface area contributed by atoms with Crippen LogP contribution in [0, 0.1) is 18.6 Å². The highest BCUT2D eigenvalue weighted by molar-refractivity contribution is 7.99. The van der Waals surface area contributed by atoms with Gasteiger partial charge < -0.3 is 9.64 Å².